The molecule has 0 radical (unpaired) electrons. The van der Waals surface area contributed by atoms with Crippen molar-refractivity contribution in [2.24, 2.45) is 5.41 Å². The second-order valence-electron chi connectivity index (χ2n) is 8.74. The van der Waals surface area contributed by atoms with Gasteiger partial charge in [-0.15, -0.1) is 0 Å². The van der Waals surface area contributed by atoms with Gasteiger partial charge in [-0.25, -0.2) is 0 Å². The Kier molecular flexibility index (Phi) is 4.64. The van der Waals surface area contributed by atoms with Gasteiger partial charge >= 0.3 is 0 Å². The molecule has 1 fully saturated rings. The summed E-state index contributed by atoms with van der Waals surface area (Å²) < 4.78 is 2.02. The van der Waals surface area contributed by atoms with E-state index < -0.39 is 5.60 Å². The van der Waals surface area contributed by atoms with Crippen molar-refractivity contribution in [3.05, 3.63) is 83.9 Å². The molecule has 0 saturated carbocycles. The van der Waals surface area contributed by atoms with E-state index in [2.05, 4.69) is 68.0 Å². The van der Waals surface area contributed by atoms with E-state index >= 15 is 0 Å². The van der Waals surface area contributed by atoms with Crippen LogP contribution in [0.3, 0.4) is 0 Å². The second kappa shape index (κ2) is 6.87. The molecule has 4 heteroatoms. The zero-order valence-electron chi connectivity index (χ0n) is 17.1. The molecule has 3 heterocycles. The van der Waals surface area contributed by atoms with Gasteiger partial charge in [-0.05, 0) is 42.3 Å². The van der Waals surface area contributed by atoms with Crippen molar-refractivity contribution in [2.45, 2.75) is 32.3 Å². The normalized spacial score (nSPS) is 18.6. The van der Waals surface area contributed by atoms with Crippen molar-refractivity contribution < 1.29 is 5.11 Å². The fourth-order valence-corrected chi connectivity index (χ4v) is 4.62. The Labute approximate surface area is 167 Å². The van der Waals surface area contributed by atoms with E-state index in [1.165, 1.54) is 5.56 Å². The third kappa shape index (κ3) is 2.97. The van der Waals surface area contributed by atoms with Crippen molar-refractivity contribution in [1.82, 2.24) is 14.5 Å². The van der Waals surface area contributed by atoms with E-state index in [0.29, 0.717) is 5.92 Å². The Hall–Kier alpha value is -2.43. The molecule has 28 heavy (non-hydrogen) atoms. The third-order valence-electron chi connectivity index (χ3n) is 6.15. The van der Waals surface area contributed by atoms with Gasteiger partial charge in [-0.1, -0.05) is 45.0 Å². The van der Waals surface area contributed by atoms with Crippen molar-refractivity contribution in [3.63, 3.8) is 0 Å². The summed E-state index contributed by atoms with van der Waals surface area (Å²) >= 11 is 0. The van der Waals surface area contributed by atoms with Crippen LogP contribution >= 0.6 is 0 Å². The number of aromatic nitrogens is 2. The largest absolute Gasteiger partial charge is 0.380 e. The Bertz CT molecular complexity index is 940. The summed E-state index contributed by atoms with van der Waals surface area (Å²) in [7, 11) is 2.10. The van der Waals surface area contributed by atoms with Crippen LogP contribution in [-0.2, 0) is 5.60 Å². The van der Waals surface area contributed by atoms with Crippen molar-refractivity contribution >= 4 is 0 Å². The van der Waals surface area contributed by atoms with Gasteiger partial charge in [0, 0.05) is 42.7 Å². The number of hydrogen-bond acceptors (Lipinski definition) is 3. The SMILES string of the molecule is CC(C)c1ccc([C@](O)(c2cncc(-n3cccc3)c2)C2(C)CN(C)C2)cc1. The number of benzene rings is 1. The Morgan fingerprint density at radius 2 is 1.68 bits per heavy atom. The van der Waals surface area contributed by atoms with Crippen molar-refractivity contribution in [3.8, 4) is 5.69 Å². The molecule has 0 spiro atoms. The summed E-state index contributed by atoms with van der Waals surface area (Å²) in [4.78, 5) is 6.72. The molecule has 4 nitrogen and oxygen atoms in total. The first-order valence-electron chi connectivity index (χ1n) is 9.94. The molecule has 0 amide bonds. The maximum absolute atomic E-state index is 12.2. The average molecular weight is 376 g/mol. The molecule has 3 aromatic rings. The van der Waals surface area contributed by atoms with Crippen LogP contribution in [0.25, 0.3) is 5.69 Å². The highest BCUT2D eigenvalue weighted by Gasteiger charge is 2.55. The minimum absolute atomic E-state index is 0.280. The standard InChI is InChI=1S/C24H29N3O/c1-18(2)19-7-9-20(10-8-19)24(28,23(3)16-26(4)17-23)21-13-22(15-25-14-21)27-11-5-6-12-27/h5-15,18,28H,16-17H2,1-4H3/t24-/m0/s1. The second-order valence-corrected chi connectivity index (χ2v) is 8.74. The van der Waals surface area contributed by atoms with Crippen LogP contribution in [0, 0.1) is 5.41 Å². The molecule has 0 bridgehead atoms. The fourth-order valence-electron chi connectivity index (χ4n) is 4.62. The zero-order valence-corrected chi connectivity index (χ0v) is 17.1. The Balaban J connectivity index is 1.84. The maximum Gasteiger partial charge on any atom is 0.124 e. The van der Waals surface area contributed by atoms with Gasteiger partial charge in [-0.2, -0.15) is 0 Å². The van der Waals surface area contributed by atoms with Gasteiger partial charge in [0.25, 0.3) is 0 Å². The molecular formula is C24H29N3O. The lowest BCUT2D eigenvalue weighted by molar-refractivity contribution is -0.127. The highest BCUT2D eigenvalue weighted by molar-refractivity contribution is 5.44. The molecule has 1 aliphatic rings. The van der Waals surface area contributed by atoms with E-state index in [9.17, 15) is 5.11 Å². The van der Waals surface area contributed by atoms with Crippen LogP contribution < -0.4 is 0 Å². The van der Waals surface area contributed by atoms with Crippen LogP contribution in [0.4, 0.5) is 0 Å². The topological polar surface area (TPSA) is 41.3 Å². The van der Waals surface area contributed by atoms with Crippen molar-refractivity contribution in [2.75, 3.05) is 20.1 Å². The van der Waals surface area contributed by atoms with E-state index in [0.717, 1.165) is 29.9 Å². The highest BCUT2D eigenvalue weighted by atomic mass is 16.3. The average Bonchev–Trinajstić information content (AvgIpc) is 3.21. The summed E-state index contributed by atoms with van der Waals surface area (Å²) in [6.45, 7) is 8.22. The number of pyridine rings is 1. The van der Waals surface area contributed by atoms with Crippen LogP contribution in [-0.4, -0.2) is 39.7 Å². The van der Waals surface area contributed by atoms with Gasteiger partial charge in [0.1, 0.15) is 5.60 Å². The smallest absolute Gasteiger partial charge is 0.124 e. The van der Waals surface area contributed by atoms with Crippen LogP contribution in [0.5, 0.6) is 0 Å². The summed E-state index contributed by atoms with van der Waals surface area (Å²) in [5, 5.41) is 12.2. The molecule has 1 atom stereocenters. The lowest BCUT2D eigenvalue weighted by atomic mass is 9.62. The predicted octanol–water partition coefficient (Wildman–Crippen LogP) is 4.18. The first-order valence-corrected chi connectivity index (χ1v) is 9.94. The molecule has 146 valence electrons. The fraction of sp³-hybridized carbons (Fsp3) is 0.375. The lowest BCUT2D eigenvalue weighted by Gasteiger charge is -2.55. The third-order valence-corrected chi connectivity index (χ3v) is 6.15. The molecule has 0 unspecified atom stereocenters. The van der Waals surface area contributed by atoms with E-state index in [-0.39, 0.29) is 5.41 Å². The van der Waals surface area contributed by atoms with E-state index in [1.54, 1.807) is 0 Å². The van der Waals surface area contributed by atoms with E-state index in [1.807, 2.05) is 41.5 Å². The molecule has 1 saturated heterocycles. The number of rotatable bonds is 5. The predicted molar refractivity (Wildman–Crippen MR) is 113 cm³/mol. The maximum atomic E-state index is 12.2. The van der Waals surface area contributed by atoms with Crippen LogP contribution in [0.2, 0.25) is 0 Å². The quantitative estimate of drug-likeness (QED) is 0.727. The Morgan fingerprint density at radius 1 is 1.04 bits per heavy atom. The summed E-state index contributed by atoms with van der Waals surface area (Å²) in [6.07, 6.45) is 7.64. The Morgan fingerprint density at radius 3 is 2.25 bits per heavy atom. The van der Waals surface area contributed by atoms with Gasteiger partial charge in [0.05, 0.1) is 11.9 Å². The van der Waals surface area contributed by atoms with Gasteiger partial charge < -0.3 is 14.6 Å². The minimum atomic E-state index is -1.11. The monoisotopic (exact) mass is 375 g/mol. The first-order chi connectivity index (χ1) is 13.3. The van der Waals surface area contributed by atoms with Crippen LogP contribution in [0.1, 0.15) is 43.4 Å². The highest BCUT2D eigenvalue weighted by Crippen LogP contribution is 2.50. The van der Waals surface area contributed by atoms with Gasteiger partial charge in [-0.3, -0.25) is 4.98 Å². The lowest BCUT2D eigenvalue weighted by Crippen LogP contribution is -2.63. The molecule has 1 aromatic carbocycles. The number of hydrogen-bond donors (Lipinski definition) is 1. The molecule has 2 aromatic heterocycles. The summed E-state index contributed by atoms with van der Waals surface area (Å²) in [5.41, 5.74) is 2.62. The summed E-state index contributed by atoms with van der Waals surface area (Å²) in [5.74, 6) is 0.464. The van der Waals surface area contributed by atoms with Crippen LogP contribution in [0.15, 0.2) is 67.3 Å². The van der Waals surface area contributed by atoms with Crippen molar-refractivity contribution in [1.29, 1.82) is 0 Å². The zero-order chi connectivity index (χ0) is 19.9. The summed E-state index contributed by atoms with van der Waals surface area (Å²) in [6, 6.07) is 14.5. The molecule has 1 aliphatic heterocycles. The molecular weight excluding hydrogens is 346 g/mol. The number of likely N-dealkylation sites (tertiary alicyclic amines) is 1. The van der Waals surface area contributed by atoms with Gasteiger partial charge in [0.2, 0.25) is 0 Å². The van der Waals surface area contributed by atoms with Gasteiger partial charge in [0.15, 0.2) is 0 Å². The van der Waals surface area contributed by atoms with E-state index in [4.69, 9.17) is 0 Å². The molecule has 1 N–H and O–H groups in total. The minimum Gasteiger partial charge on any atom is -0.380 e. The number of nitrogens with zero attached hydrogens (tertiary/aromatic N) is 3. The molecule has 4 rings (SSSR count). The first kappa shape index (κ1) is 18.9. The number of aliphatic hydroxyl groups is 1. The molecule has 0 aliphatic carbocycles.